The lowest BCUT2D eigenvalue weighted by atomic mass is 9.86. The topological polar surface area (TPSA) is 39.4 Å². The first kappa shape index (κ1) is 15.6. The highest BCUT2D eigenvalue weighted by molar-refractivity contribution is 5.98. The van der Waals surface area contributed by atoms with Crippen LogP contribution in [0.25, 0.3) is 27.5 Å². The van der Waals surface area contributed by atoms with Crippen molar-refractivity contribution in [3.63, 3.8) is 0 Å². The Hall–Kier alpha value is -2.88. The van der Waals surface area contributed by atoms with E-state index in [4.69, 9.17) is 4.74 Å². The zero-order valence-corrected chi connectivity index (χ0v) is 14.9. The SMILES string of the molecule is COc1ccc2cc(-c3ccc(C(C)(C)C)cc3)n3nncc3c2c1. The standard InChI is InChI=1S/C21H21N3O/c1-21(2,3)16-8-5-14(6-9-16)19-11-15-7-10-17(25-4)12-18(15)20-13-22-23-24(19)20/h5-13H,1-4H3. The lowest BCUT2D eigenvalue weighted by Crippen LogP contribution is -2.10. The van der Waals surface area contributed by atoms with Gasteiger partial charge in [0.15, 0.2) is 0 Å². The van der Waals surface area contributed by atoms with Crippen LogP contribution in [0.15, 0.2) is 54.7 Å². The van der Waals surface area contributed by atoms with Crippen LogP contribution in [0.5, 0.6) is 5.75 Å². The van der Waals surface area contributed by atoms with Gasteiger partial charge in [0.2, 0.25) is 0 Å². The van der Waals surface area contributed by atoms with Crippen LogP contribution >= 0.6 is 0 Å². The number of pyridine rings is 1. The van der Waals surface area contributed by atoms with Crippen molar-refractivity contribution in [3.8, 4) is 17.0 Å². The van der Waals surface area contributed by atoms with Crippen LogP contribution in [0.2, 0.25) is 0 Å². The second-order valence-corrected chi connectivity index (χ2v) is 7.34. The van der Waals surface area contributed by atoms with Gasteiger partial charge < -0.3 is 4.74 Å². The van der Waals surface area contributed by atoms with Crippen molar-refractivity contribution in [2.24, 2.45) is 0 Å². The average molecular weight is 331 g/mol. The quantitative estimate of drug-likeness (QED) is 0.527. The molecule has 25 heavy (non-hydrogen) atoms. The van der Waals surface area contributed by atoms with Gasteiger partial charge in [-0.25, -0.2) is 4.52 Å². The third-order valence-corrected chi connectivity index (χ3v) is 4.65. The van der Waals surface area contributed by atoms with Crippen LogP contribution in [-0.2, 0) is 5.41 Å². The van der Waals surface area contributed by atoms with Gasteiger partial charge in [-0.1, -0.05) is 56.3 Å². The first-order valence-electron chi connectivity index (χ1n) is 8.39. The van der Waals surface area contributed by atoms with Crippen molar-refractivity contribution in [1.29, 1.82) is 0 Å². The van der Waals surface area contributed by atoms with Crippen molar-refractivity contribution < 1.29 is 4.74 Å². The lowest BCUT2D eigenvalue weighted by Gasteiger charge is -2.19. The summed E-state index contributed by atoms with van der Waals surface area (Å²) < 4.78 is 7.25. The van der Waals surface area contributed by atoms with E-state index in [-0.39, 0.29) is 5.41 Å². The van der Waals surface area contributed by atoms with Crippen molar-refractivity contribution in [1.82, 2.24) is 14.8 Å². The molecule has 4 aromatic rings. The molecule has 0 amide bonds. The predicted octanol–water partition coefficient (Wildman–Crippen LogP) is 4.86. The molecule has 0 bridgehead atoms. The Bertz CT molecular complexity index is 1060. The fourth-order valence-electron chi connectivity index (χ4n) is 3.16. The van der Waals surface area contributed by atoms with Crippen molar-refractivity contribution in [3.05, 3.63) is 60.3 Å². The van der Waals surface area contributed by atoms with Gasteiger partial charge in [0.1, 0.15) is 5.75 Å². The van der Waals surface area contributed by atoms with E-state index >= 15 is 0 Å². The van der Waals surface area contributed by atoms with E-state index in [1.54, 1.807) is 13.3 Å². The Morgan fingerprint density at radius 2 is 1.72 bits per heavy atom. The van der Waals surface area contributed by atoms with Gasteiger partial charge in [-0.05, 0) is 34.6 Å². The number of ether oxygens (including phenoxy) is 1. The minimum Gasteiger partial charge on any atom is -0.497 e. The number of fused-ring (bicyclic) bond motifs is 3. The van der Waals surface area contributed by atoms with Gasteiger partial charge in [0, 0.05) is 10.9 Å². The molecule has 0 radical (unpaired) electrons. The fourth-order valence-corrected chi connectivity index (χ4v) is 3.16. The van der Waals surface area contributed by atoms with Gasteiger partial charge in [0.05, 0.1) is 24.5 Å². The molecule has 0 saturated heterocycles. The maximum atomic E-state index is 5.36. The van der Waals surface area contributed by atoms with Crippen molar-refractivity contribution in [2.75, 3.05) is 7.11 Å². The van der Waals surface area contributed by atoms with Crippen LogP contribution in [0.4, 0.5) is 0 Å². The molecule has 0 aliphatic rings. The van der Waals surface area contributed by atoms with E-state index in [0.29, 0.717) is 0 Å². The van der Waals surface area contributed by atoms with Gasteiger partial charge in [0.25, 0.3) is 0 Å². The number of hydrogen-bond donors (Lipinski definition) is 0. The summed E-state index contributed by atoms with van der Waals surface area (Å²) in [5.41, 5.74) is 4.59. The molecular formula is C21H21N3O. The van der Waals surface area contributed by atoms with Crippen LogP contribution < -0.4 is 4.74 Å². The van der Waals surface area contributed by atoms with Crippen molar-refractivity contribution in [2.45, 2.75) is 26.2 Å². The van der Waals surface area contributed by atoms with Gasteiger partial charge in [-0.15, -0.1) is 5.10 Å². The number of aromatic nitrogens is 3. The van der Waals surface area contributed by atoms with E-state index in [0.717, 1.165) is 33.3 Å². The third kappa shape index (κ3) is 2.64. The summed E-state index contributed by atoms with van der Waals surface area (Å²) in [6.45, 7) is 6.67. The minimum atomic E-state index is 0.140. The smallest absolute Gasteiger partial charge is 0.119 e. The number of nitrogens with zero attached hydrogens (tertiary/aromatic N) is 3. The summed E-state index contributed by atoms with van der Waals surface area (Å²) in [5, 5.41) is 10.6. The number of rotatable bonds is 2. The average Bonchev–Trinajstić information content (AvgIpc) is 3.10. The van der Waals surface area contributed by atoms with Crippen LogP contribution in [-0.4, -0.2) is 21.9 Å². The second kappa shape index (κ2) is 5.59. The summed E-state index contributed by atoms with van der Waals surface area (Å²) in [5.74, 6) is 0.831. The molecular weight excluding hydrogens is 310 g/mol. The Kier molecular flexibility index (Phi) is 3.49. The Balaban J connectivity index is 1.93. The van der Waals surface area contributed by atoms with Gasteiger partial charge in [-0.2, -0.15) is 0 Å². The molecule has 0 unspecified atom stereocenters. The molecule has 0 aliphatic heterocycles. The molecule has 0 atom stereocenters. The second-order valence-electron chi connectivity index (χ2n) is 7.34. The summed E-state index contributed by atoms with van der Waals surface area (Å²) in [4.78, 5) is 0. The zero-order chi connectivity index (χ0) is 17.6. The zero-order valence-electron chi connectivity index (χ0n) is 14.9. The molecule has 4 heteroatoms. The molecule has 0 fully saturated rings. The first-order valence-corrected chi connectivity index (χ1v) is 8.39. The number of methoxy groups -OCH3 is 1. The molecule has 0 N–H and O–H groups in total. The normalized spacial score (nSPS) is 12.0. The van der Waals surface area contributed by atoms with Crippen LogP contribution in [0, 0.1) is 0 Å². The highest BCUT2D eigenvalue weighted by atomic mass is 16.5. The Labute approximate surface area is 147 Å². The maximum Gasteiger partial charge on any atom is 0.119 e. The largest absolute Gasteiger partial charge is 0.497 e. The Morgan fingerprint density at radius 1 is 0.960 bits per heavy atom. The summed E-state index contributed by atoms with van der Waals surface area (Å²) >= 11 is 0. The first-order chi connectivity index (χ1) is 12.0. The Morgan fingerprint density at radius 3 is 2.40 bits per heavy atom. The molecule has 0 aliphatic carbocycles. The molecule has 0 spiro atoms. The maximum absolute atomic E-state index is 5.36. The molecule has 2 aromatic heterocycles. The van der Waals surface area contributed by atoms with Crippen LogP contribution in [0.3, 0.4) is 0 Å². The summed E-state index contributed by atoms with van der Waals surface area (Å²) in [6, 6.07) is 16.9. The number of hydrogen-bond acceptors (Lipinski definition) is 3. The van der Waals surface area contributed by atoms with E-state index in [9.17, 15) is 0 Å². The summed E-state index contributed by atoms with van der Waals surface area (Å²) in [6.07, 6.45) is 1.80. The van der Waals surface area contributed by atoms with E-state index < -0.39 is 0 Å². The molecule has 126 valence electrons. The molecule has 0 saturated carbocycles. The molecule has 4 nitrogen and oxygen atoms in total. The number of benzene rings is 2. The highest BCUT2D eigenvalue weighted by Gasteiger charge is 2.15. The third-order valence-electron chi connectivity index (χ3n) is 4.65. The lowest BCUT2D eigenvalue weighted by molar-refractivity contribution is 0.415. The fraction of sp³-hybridized carbons (Fsp3) is 0.238. The minimum absolute atomic E-state index is 0.140. The highest BCUT2D eigenvalue weighted by Crippen LogP contribution is 2.31. The van der Waals surface area contributed by atoms with E-state index in [2.05, 4.69) is 67.5 Å². The van der Waals surface area contributed by atoms with Crippen molar-refractivity contribution >= 4 is 16.3 Å². The van der Waals surface area contributed by atoms with Gasteiger partial charge >= 0.3 is 0 Å². The molecule has 2 heterocycles. The van der Waals surface area contributed by atoms with Crippen LogP contribution in [0.1, 0.15) is 26.3 Å². The van der Waals surface area contributed by atoms with E-state index in [1.807, 2.05) is 16.6 Å². The predicted molar refractivity (Wildman–Crippen MR) is 101 cm³/mol. The van der Waals surface area contributed by atoms with Gasteiger partial charge in [-0.3, -0.25) is 0 Å². The molecule has 2 aromatic carbocycles. The van der Waals surface area contributed by atoms with E-state index in [1.165, 1.54) is 5.56 Å². The molecule has 4 rings (SSSR count). The monoisotopic (exact) mass is 331 g/mol. The summed E-state index contributed by atoms with van der Waals surface area (Å²) in [7, 11) is 1.68.